The van der Waals surface area contributed by atoms with Crippen LogP contribution in [0.4, 0.5) is 8.78 Å². The van der Waals surface area contributed by atoms with Crippen molar-refractivity contribution in [3.8, 4) is 0 Å². The third-order valence-corrected chi connectivity index (χ3v) is 7.71. The van der Waals surface area contributed by atoms with Gasteiger partial charge in [-0.1, -0.05) is 117 Å². The molecule has 186 valence electrons. The first-order valence-corrected chi connectivity index (χ1v) is 13.4. The summed E-state index contributed by atoms with van der Waals surface area (Å²) in [6, 6.07) is 8.79. The molecule has 1 rings (SSSR count). The molecule has 2 unspecified atom stereocenters. The fourth-order valence-electron chi connectivity index (χ4n) is 5.18. The van der Waals surface area contributed by atoms with E-state index in [1.165, 1.54) is 49.7 Å². The minimum absolute atomic E-state index is 0.0597. The maximum absolute atomic E-state index is 13.9. The lowest BCUT2D eigenvalue weighted by molar-refractivity contribution is 0.153. The van der Waals surface area contributed by atoms with Crippen LogP contribution in [-0.2, 0) is 12.8 Å². The molecule has 0 aliphatic carbocycles. The lowest BCUT2D eigenvalue weighted by Crippen LogP contribution is -2.29. The molecule has 0 saturated carbocycles. The van der Waals surface area contributed by atoms with Gasteiger partial charge in [0, 0.05) is 0 Å². The van der Waals surface area contributed by atoms with Crippen molar-refractivity contribution >= 4 is 0 Å². The fourth-order valence-corrected chi connectivity index (χ4v) is 5.18. The largest absolute Gasteiger partial charge is 0.251 e. The minimum atomic E-state index is -0.234. The van der Waals surface area contributed by atoms with Crippen molar-refractivity contribution in [3.05, 3.63) is 35.4 Å². The maximum atomic E-state index is 13.9. The third kappa shape index (κ3) is 10.3. The second-order valence-corrected chi connectivity index (χ2v) is 11.6. The van der Waals surface area contributed by atoms with Gasteiger partial charge in [0.25, 0.3) is 0 Å². The Kier molecular flexibility index (Phi) is 13.7. The molecule has 0 nitrogen and oxygen atoms in total. The summed E-state index contributed by atoms with van der Waals surface area (Å²) < 4.78 is 27.8. The molecule has 0 amide bonds. The topological polar surface area (TPSA) is 0 Å². The average Bonchev–Trinajstić information content (AvgIpc) is 2.73. The van der Waals surface area contributed by atoms with Crippen LogP contribution < -0.4 is 0 Å². The van der Waals surface area contributed by atoms with Crippen LogP contribution in [0.2, 0.25) is 0 Å². The van der Waals surface area contributed by atoms with E-state index in [2.05, 4.69) is 65.8 Å². The first-order valence-electron chi connectivity index (χ1n) is 13.4. The molecule has 32 heavy (non-hydrogen) atoms. The molecule has 0 aromatic heterocycles. The van der Waals surface area contributed by atoms with Crippen LogP contribution >= 0.6 is 0 Å². The highest BCUT2D eigenvalue weighted by Gasteiger charge is 2.31. The van der Waals surface area contributed by atoms with E-state index < -0.39 is 0 Å². The van der Waals surface area contributed by atoms with Gasteiger partial charge in [-0.25, -0.2) is 0 Å². The second kappa shape index (κ2) is 15.1. The number of benzene rings is 1. The summed E-state index contributed by atoms with van der Waals surface area (Å²) in [5, 5.41) is 0. The van der Waals surface area contributed by atoms with Crippen LogP contribution in [0.25, 0.3) is 0 Å². The van der Waals surface area contributed by atoms with Crippen LogP contribution in [-0.4, -0.2) is 13.3 Å². The highest BCUT2D eigenvalue weighted by Crippen LogP contribution is 2.37. The van der Waals surface area contributed by atoms with Gasteiger partial charge in [-0.15, -0.1) is 0 Å². The Morgan fingerprint density at radius 3 is 1.41 bits per heavy atom. The Morgan fingerprint density at radius 1 is 0.656 bits per heavy atom. The van der Waals surface area contributed by atoms with Crippen LogP contribution in [0.5, 0.6) is 0 Å². The number of hydrogen-bond donors (Lipinski definition) is 0. The Morgan fingerprint density at radius 2 is 1.06 bits per heavy atom. The van der Waals surface area contributed by atoms with Gasteiger partial charge in [0.2, 0.25) is 0 Å². The molecular formula is C30H52F2. The summed E-state index contributed by atoms with van der Waals surface area (Å²) >= 11 is 0. The summed E-state index contributed by atoms with van der Waals surface area (Å²) in [4.78, 5) is 0. The highest BCUT2D eigenvalue weighted by molar-refractivity contribution is 5.25. The fraction of sp³-hybridized carbons (Fsp3) is 0.800. The molecule has 2 heteroatoms. The van der Waals surface area contributed by atoms with Crippen LogP contribution in [0.15, 0.2) is 24.3 Å². The molecule has 0 aliphatic heterocycles. The zero-order valence-electron chi connectivity index (χ0n) is 22.1. The SMILES string of the molecule is CCCCCCC(CF)C(C)(C)Cc1cccc(CC(C)(C)C(CF)CCCCCC)c1. The van der Waals surface area contributed by atoms with Gasteiger partial charge in [0.05, 0.1) is 13.3 Å². The molecule has 1 aromatic rings. The molecule has 0 bridgehead atoms. The Balaban J connectivity index is 2.78. The summed E-state index contributed by atoms with van der Waals surface area (Å²) in [6.45, 7) is 12.9. The standard InChI is InChI=1S/C30H52F2/c1-7-9-11-13-18-27(23-31)29(3,4)21-25-16-15-17-26(20-25)22-30(5,6)28(24-32)19-14-12-10-8-2/h15-17,20,27-28H,7-14,18-19,21-24H2,1-6H3. The molecular weight excluding hydrogens is 398 g/mol. The zero-order valence-corrected chi connectivity index (χ0v) is 22.1. The lowest BCUT2D eigenvalue weighted by Gasteiger charge is -2.34. The van der Waals surface area contributed by atoms with E-state index in [-0.39, 0.29) is 36.0 Å². The first-order chi connectivity index (χ1) is 15.2. The van der Waals surface area contributed by atoms with E-state index in [1.807, 2.05) is 0 Å². The summed E-state index contributed by atoms with van der Waals surface area (Å²) in [5.41, 5.74) is 2.45. The van der Waals surface area contributed by atoms with Crippen molar-refractivity contribution in [1.29, 1.82) is 0 Å². The molecule has 0 saturated heterocycles. The molecule has 0 heterocycles. The molecule has 0 N–H and O–H groups in total. The molecule has 0 radical (unpaired) electrons. The van der Waals surface area contributed by atoms with Gasteiger partial charge < -0.3 is 0 Å². The van der Waals surface area contributed by atoms with E-state index in [9.17, 15) is 8.78 Å². The predicted octanol–water partition coefficient (Wildman–Crippen LogP) is 9.94. The molecule has 0 aliphatic rings. The molecule has 0 spiro atoms. The van der Waals surface area contributed by atoms with E-state index >= 15 is 0 Å². The van der Waals surface area contributed by atoms with Crippen molar-refractivity contribution in [2.45, 2.75) is 119 Å². The Labute approximate surface area is 199 Å². The van der Waals surface area contributed by atoms with Gasteiger partial charge in [0.1, 0.15) is 0 Å². The van der Waals surface area contributed by atoms with Crippen LogP contribution in [0.1, 0.15) is 117 Å². The predicted molar refractivity (Wildman–Crippen MR) is 138 cm³/mol. The Bertz CT molecular complexity index is 555. The van der Waals surface area contributed by atoms with Gasteiger partial charge in [-0.05, 0) is 59.5 Å². The van der Waals surface area contributed by atoms with Crippen molar-refractivity contribution in [2.75, 3.05) is 13.3 Å². The van der Waals surface area contributed by atoms with Crippen molar-refractivity contribution < 1.29 is 8.78 Å². The zero-order chi connectivity index (χ0) is 24.0. The van der Waals surface area contributed by atoms with Crippen LogP contribution in [0.3, 0.4) is 0 Å². The van der Waals surface area contributed by atoms with E-state index in [1.54, 1.807) is 0 Å². The molecule has 2 atom stereocenters. The first kappa shape index (κ1) is 29.1. The molecule has 0 fully saturated rings. The summed E-state index contributed by atoms with van der Waals surface area (Å²) in [6.07, 6.45) is 13.4. The number of unbranched alkanes of at least 4 members (excludes halogenated alkanes) is 6. The van der Waals surface area contributed by atoms with E-state index in [0.717, 1.165) is 38.5 Å². The van der Waals surface area contributed by atoms with E-state index in [4.69, 9.17) is 0 Å². The summed E-state index contributed by atoms with van der Waals surface area (Å²) in [5.74, 6) is 0.219. The molecule has 1 aromatic carbocycles. The van der Waals surface area contributed by atoms with Crippen molar-refractivity contribution in [1.82, 2.24) is 0 Å². The monoisotopic (exact) mass is 450 g/mol. The minimum Gasteiger partial charge on any atom is -0.251 e. The number of rotatable bonds is 18. The lowest BCUT2D eigenvalue weighted by atomic mass is 9.71. The smallest absolute Gasteiger partial charge is 0.0927 e. The van der Waals surface area contributed by atoms with Gasteiger partial charge >= 0.3 is 0 Å². The average molecular weight is 451 g/mol. The van der Waals surface area contributed by atoms with E-state index in [0.29, 0.717) is 0 Å². The quantitative estimate of drug-likeness (QED) is 0.195. The van der Waals surface area contributed by atoms with Gasteiger partial charge in [0.15, 0.2) is 0 Å². The normalized spacial score (nSPS) is 14.5. The number of halogens is 2. The second-order valence-electron chi connectivity index (χ2n) is 11.6. The summed E-state index contributed by atoms with van der Waals surface area (Å²) in [7, 11) is 0. The Hall–Kier alpha value is -0.920. The maximum Gasteiger partial charge on any atom is 0.0927 e. The third-order valence-electron chi connectivity index (χ3n) is 7.71. The number of alkyl halides is 2. The van der Waals surface area contributed by atoms with Gasteiger partial charge in [-0.2, -0.15) is 0 Å². The number of hydrogen-bond acceptors (Lipinski definition) is 0. The van der Waals surface area contributed by atoms with Gasteiger partial charge in [-0.3, -0.25) is 8.78 Å². The van der Waals surface area contributed by atoms with Crippen molar-refractivity contribution in [2.24, 2.45) is 22.7 Å². The highest BCUT2D eigenvalue weighted by atomic mass is 19.1. The van der Waals surface area contributed by atoms with Crippen molar-refractivity contribution in [3.63, 3.8) is 0 Å². The van der Waals surface area contributed by atoms with Crippen LogP contribution in [0, 0.1) is 22.7 Å².